The Morgan fingerprint density at radius 2 is 1.60 bits per heavy atom. The topological polar surface area (TPSA) is 65.7 Å². The Labute approximate surface area is 186 Å². The van der Waals surface area contributed by atoms with Gasteiger partial charge >= 0.3 is 0 Å². The molecule has 30 heavy (non-hydrogen) atoms. The highest BCUT2D eigenvalue weighted by Gasteiger charge is 2.37. The van der Waals surface area contributed by atoms with Crippen molar-refractivity contribution >= 4 is 16.8 Å². The summed E-state index contributed by atoms with van der Waals surface area (Å²) < 4.78 is 14.4. The molecular weight excluding hydrogens is 411 g/mol. The summed E-state index contributed by atoms with van der Waals surface area (Å²) in [4.78, 5) is 10.5. The van der Waals surface area contributed by atoms with Gasteiger partial charge in [-0.05, 0) is 69.8 Å². The van der Waals surface area contributed by atoms with Crippen LogP contribution in [0.2, 0.25) is 18.1 Å². The highest BCUT2D eigenvalue weighted by molar-refractivity contribution is 7.44. The van der Waals surface area contributed by atoms with Crippen LogP contribution in [0.15, 0.2) is 24.3 Å². The molecule has 1 N–H and O–H groups in total. The predicted molar refractivity (Wildman–Crippen MR) is 129 cm³/mol. The van der Waals surface area contributed by atoms with E-state index in [9.17, 15) is 4.80 Å². The van der Waals surface area contributed by atoms with Gasteiger partial charge in [0.2, 0.25) is 0 Å². The van der Waals surface area contributed by atoms with Crippen molar-refractivity contribution in [1.82, 2.24) is 4.67 Å². The first-order valence-electron chi connectivity index (χ1n) is 10.9. The quantitative estimate of drug-likeness (QED) is 0.213. The van der Waals surface area contributed by atoms with Crippen molar-refractivity contribution in [2.75, 3.05) is 6.61 Å². The van der Waals surface area contributed by atoms with Gasteiger partial charge in [0, 0.05) is 12.1 Å². The highest BCUT2D eigenvalue weighted by Crippen LogP contribution is 2.46. The fourth-order valence-electron chi connectivity index (χ4n) is 3.01. The summed E-state index contributed by atoms with van der Waals surface area (Å²) in [5.41, 5.74) is 2.39. The Balaban J connectivity index is 2.72. The second-order valence-corrected chi connectivity index (χ2v) is 15.5. The molecule has 0 heterocycles. The molecule has 0 aliphatic heterocycles. The van der Waals surface area contributed by atoms with Gasteiger partial charge in [0.15, 0.2) is 8.32 Å². The summed E-state index contributed by atoms with van der Waals surface area (Å²) in [6, 6.07) is 11.3. The lowest BCUT2D eigenvalue weighted by Crippen LogP contribution is -2.39. The maximum absolute atomic E-state index is 10.5. The van der Waals surface area contributed by atoms with Crippen molar-refractivity contribution in [3.63, 3.8) is 0 Å². The third-order valence-electron chi connectivity index (χ3n) is 5.72. The minimum absolute atomic E-state index is 0.0114. The molecule has 0 aliphatic rings. The number of benzene rings is 1. The lowest BCUT2D eigenvalue weighted by atomic mass is 10.0. The van der Waals surface area contributed by atoms with Gasteiger partial charge in [-0.15, -0.1) is 0 Å². The molecule has 1 unspecified atom stereocenters. The molecule has 0 aliphatic carbocycles. The molecule has 0 aromatic heterocycles. The summed E-state index contributed by atoms with van der Waals surface area (Å²) in [6.07, 6.45) is 2.31. The molecule has 170 valence electrons. The van der Waals surface area contributed by atoms with E-state index >= 15 is 0 Å². The lowest BCUT2D eigenvalue weighted by Gasteiger charge is -2.35. The molecule has 0 bridgehead atoms. The fraction of sp³-hybridized carbons (Fsp3) is 0.696. The minimum Gasteiger partial charge on any atom is -0.432 e. The lowest BCUT2D eigenvalue weighted by molar-refractivity contribution is 0.171. The van der Waals surface area contributed by atoms with Crippen molar-refractivity contribution in [2.24, 2.45) is 0 Å². The van der Waals surface area contributed by atoms with E-state index < -0.39 is 16.8 Å². The molecule has 0 radical (unpaired) electrons. The predicted octanol–water partition coefficient (Wildman–Crippen LogP) is 6.39. The Hall–Kier alpha value is -0.803. The van der Waals surface area contributed by atoms with Gasteiger partial charge < -0.3 is 13.8 Å². The number of nitrogens with zero attached hydrogens (tertiary/aromatic N) is 2. The molecule has 7 heteroatoms. The summed E-state index contributed by atoms with van der Waals surface area (Å²) in [6.45, 7) is 17.8. The molecule has 0 spiro atoms. The van der Waals surface area contributed by atoms with Crippen molar-refractivity contribution in [1.29, 1.82) is 5.26 Å². The molecule has 1 aromatic rings. The zero-order chi connectivity index (χ0) is 22.9. The minimum atomic E-state index is -2.18. The van der Waals surface area contributed by atoms with Crippen LogP contribution in [0.3, 0.4) is 0 Å². The zero-order valence-electron chi connectivity index (χ0n) is 20.1. The summed E-state index contributed by atoms with van der Waals surface area (Å²) >= 11 is 0. The van der Waals surface area contributed by atoms with Crippen LogP contribution in [0.4, 0.5) is 0 Å². The summed E-state index contributed by atoms with van der Waals surface area (Å²) in [5, 5.41) is 8.81. The van der Waals surface area contributed by atoms with Gasteiger partial charge in [0.05, 0.1) is 25.7 Å². The van der Waals surface area contributed by atoms with Gasteiger partial charge in [-0.2, -0.15) is 5.26 Å². The average Bonchev–Trinajstić information content (AvgIpc) is 2.63. The normalized spacial score (nSPS) is 13.8. The van der Waals surface area contributed by atoms with E-state index in [-0.39, 0.29) is 5.04 Å². The fourth-order valence-corrected chi connectivity index (χ4v) is 5.35. The first-order valence-corrected chi connectivity index (χ1v) is 15.0. The van der Waals surface area contributed by atoms with E-state index in [4.69, 9.17) is 14.3 Å². The van der Waals surface area contributed by atoms with Crippen LogP contribution in [-0.4, -0.2) is 36.5 Å². The Morgan fingerprint density at radius 3 is 2.07 bits per heavy atom. The number of rotatable bonds is 13. The van der Waals surface area contributed by atoms with Crippen LogP contribution < -0.4 is 0 Å². The third-order valence-corrected chi connectivity index (χ3v) is 11.3. The van der Waals surface area contributed by atoms with Crippen LogP contribution in [0.5, 0.6) is 0 Å². The Bertz CT molecular complexity index is 659. The first-order chi connectivity index (χ1) is 13.9. The van der Waals surface area contributed by atoms with E-state index in [1.807, 2.05) is 13.1 Å². The molecule has 0 fully saturated rings. The molecular formula is C23H41N2O3PSi. The van der Waals surface area contributed by atoms with Crippen molar-refractivity contribution < 1.29 is 13.8 Å². The highest BCUT2D eigenvalue weighted by atomic mass is 31.2. The van der Waals surface area contributed by atoms with Crippen LogP contribution in [-0.2, 0) is 22.1 Å². The smallest absolute Gasteiger partial charge is 0.259 e. The van der Waals surface area contributed by atoms with Crippen molar-refractivity contribution in [3.8, 4) is 6.07 Å². The van der Waals surface area contributed by atoms with E-state index in [0.717, 1.165) is 18.4 Å². The van der Waals surface area contributed by atoms with Crippen LogP contribution in [0.1, 0.15) is 65.5 Å². The Morgan fingerprint density at radius 1 is 1.07 bits per heavy atom. The van der Waals surface area contributed by atoms with Crippen LogP contribution in [0.25, 0.3) is 0 Å². The summed E-state index contributed by atoms with van der Waals surface area (Å²) in [7, 11) is -3.40. The van der Waals surface area contributed by atoms with E-state index in [1.165, 1.54) is 5.56 Å². The molecule has 0 saturated heterocycles. The number of nitriles is 1. The monoisotopic (exact) mass is 452 g/mol. The van der Waals surface area contributed by atoms with Crippen molar-refractivity contribution in [3.05, 3.63) is 35.4 Å². The standard InChI is InChI=1S/C23H41N2O3PSi/c1-19(2)25(20(3)4)29(27-17-9-16-24)28-18-22-12-10-21(11-13-22)14-15-23(5,6)30(7,8)26/h10-13,19-20,26H,9,14-15,17-18H2,1-8H3. The van der Waals surface area contributed by atoms with Crippen LogP contribution in [0, 0.1) is 11.3 Å². The number of hydrogen-bond acceptors (Lipinski definition) is 5. The Kier molecular flexibility index (Phi) is 11.2. The summed E-state index contributed by atoms with van der Waals surface area (Å²) in [5.74, 6) is 0. The molecule has 0 saturated carbocycles. The number of hydrogen-bond donors (Lipinski definition) is 1. The molecule has 5 nitrogen and oxygen atoms in total. The molecule has 1 aromatic carbocycles. The first kappa shape index (κ1) is 27.2. The van der Waals surface area contributed by atoms with E-state index in [1.54, 1.807) is 0 Å². The zero-order valence-corrected chi connectivity index (χ0v) is 22.0. The van der Waals surface area contributed by atoms with Gasteiger partial charge in [-0.25, -0.2) is 4.67 Å². The molecule has 0 amide bonds. The van der Waals surface area contributed by atoms with Gasteiger partial charge in [-0.1, -0.05) is 38.1 Å². The third kappa shape index (κ3) is 8.75. The van der Waals surface area contributed by atoms with Crippen LogP contribution >= 0.6 is 8.53 Å². The van der Waals surface area contributed by atoms with Gasteiger partial charge in [0.1, 0.15) is 0 Å². The van der Waals surface area contributed by atoms with Gasteiger partial charge in [0.25, 0.3) is 8.53 Å². The van der Waals surface area contributed by atoms with E-state index in [2.05, 4.69) is 76.5 Å². The largest absolute Gasteiger partial charge is 0.432 e. The second kappa shape index (κ2) is 12.3. The second-order valence-electron chi connectivity index (χ2n) is 9.58. The maximum Gasteiger partial charge on any atom is 0.259 e. The van der Waals surface area contributed by atoms with Gasteiger partial charge in [-0.3, -0.25) is 0 Å². The molecule has 1 atom stereocenters. The molecule has 1 rings (SSSR count). The maximum atomic E-state index is 10.5. The average molecular weight is 453 g/mol. The SMILES string of the molecule is CC(C)N(C(C)C)P(OCCC#N)OCc1ccc(CCC(C)(C)[Si](C)(C)O)cc1. The van der Waals surface area contributed by atoms with Crippen molar-refractivity contribution in [2.45, 2.75) is 97.6 Å². The number of aryl methyl sites for hydroxylation is 1. The van der Waals surface area contributed by atoms with E-state index in [0.29, 0.717) is 31.7 Å².